The van der Waals surface area contributed by atoms with Gasteiger partial charge in [-0.2, -0.15) is 0 Å². The quantitative estimate of drug-likeness (QED) is 0.437. The first-order valence-electron chi connectivity index (χ1n) is 9.79. The first-order valence-corrected chi connectivity index (χ1v) is 10.2. The number of ether oxygens (including phenoxy) is 1. The zero-order valence-corrected chi connectivity index (χ0v) is 18.3. The topological polar surface area (TPSA) is 106 Å². The molecule has 9 heteroatoms. The van der Waals surface area contributed by atoms with Crippen LogP contribution in [0.4, 0.5) is 17.2 Å². The van der Waals surface area contributed by atoms with Gasteiger partial charge in [0.15, 0.2) is 0 Å². The van der Waals surface area contributed by atoms with Crippen molar-refractivity contribution >= 4 is 45.6 Å². The Hall–Kier alpha value is -3.91. The molecule has 3 N–H and O–H groups in total. The van der Waals surface area contributed by atoms with Gasteiger partial charge in [-0.15, -0.1) is 0 Å². The van der Waals surface area contributed by atoms with Crippen molar-refractivity contribution in [2.45, 2.75) is 6.61 Å². The van der Waals surface area contributed by atoms with Crippen LogP contribution in [0, 0.1) is 0 Å². The van der Waals surface area contributed by atoms with Crippen molar-refractivity contribution in [1.82, 2.24) is 15.0 Å². The van der Waals surface area contributed by atoms with Crippen LogP contribution in [0.5, 0.6) is 5.75 Å². The van der Waals surface area contributed by atoms with Gasteiger partial charge in [-0.05, 0) is 48.5 Å². The summed E-state index contributed by atoms with van der Waals surface area (Å²) in [6.07, 6.45) is 1.71. The van der Waals surface area contributed by atoms with Crippen molar-refractivity contribution in [3.63, 3.8) is 0 Å². The number of hydrogen-bond donors (Lipinski definition) is 2. The second-order valence-corrected chi connectivity index (χ2v) is 7.64. The van der Waals surface area contributed by atoms with Gasteiger partial charge >= 0.3 is 0 Å². The number of fused-ring (bicyclic) bond motifs is 1. The highest BCUT2D eigenvalue weighted by atomic mass is 35.5. The number of amides is 1. The van der Waals surface area contributed by atoms with Gasteiger partial charge < -0.3 is 20.7 Å². The number of primary amides is 1. The van der Waals surface area contributed by atoms with E-state index in [1.165, 1.54) is 0 Å². The van der Waals surface area contributed by atoms with Crippen LogP contribution in [-0.4, -0.2) is 35.0 Å². The van der Waals surface area contributed by atoms with Crippen LogP contribution in [0.2, 0.25) is 5.02 Å². The molecular weight excluding hydrogens is 428 g/mol. The lowest BCUT2D eigenvalue weighted by Crippen LogP contribution is -2.16. The van der Waals surface area contributed by atoms with Gasteiger partial charge in [0.25, 0.3) is 5.91 Å². The molecule has 4 rings (SSSR count). The largest absolute Gasteiger partial charge is 0.486 e. The molecule has 2 aromatic carbocycles. The third kappa shape index (κ3) is 4.70. The van der Waals surface area contributed by atoms with Crippen LogP contribution >= 0.6 is 11.6 Å². The second-order valence-electron chi connectivity index (χ2n) is 7.24. The molecule has 0 saturated carbocycles. The standard InChI is InChI=1S/C23H21ClN6O2/c1-30(2)16-7-8-17-19(12-16)28-23(21(25)31)29-22(17)27-14-6-9-20(18(24)11-14)32-13-15-5-3-4-10-26-15/h3-12H,13H2,1-2H3,(H2,25,31)(H,27,28,29). The minimum atomic E-state index is -0.707. The van der Waals surface area contributed by atoms with Gasteiger partial charge in [0, 0.05) is 37.1 Å². The molecule has 0 unspecified atom stereocenters. The van der Waals surface area contributed by atoms with E-state index in [0.717, 1.165) is 16.8 Å². The molecule has 0 radical (unpaired) electrons. The van der Waals surface area contributed by atoms with Crippen molar-refractivity contribution in [2.24, 2.45) is 5.73 Å². The summed E-state index contributed by atoms with van der Waals surface area (Å²) in [5, 5.41) is 4.38. The summed E-state index contributed by atoms with van der Waals surface area (Å²) in [6, 6.07) is 16.6. The van der Waals surface area contributed by atoms with Gasteiger partial charge in [-0.1, -0.05) is 17.7 Å². The number of hydrogen-bond acceptors (Lipinski definition) is 7. The summed E-state index contributed by atoms with van der Waals surface area (Å²) in [5.41, 5.74) is 8.46. The first kappa shape index (κ1) is 21.3. The molecule has 0 aliphatic carbocycles. The Morgan fingerprint density at radius 2 is 1.97 bits per heavy atom. The van der Waals surface area contributed by atoms with Crippen molar-refractivity contribution in [2.75, 3.05) is 24.3 Å². The van der Waals surface area contributed by atoms with Gasteiger partial charge in [-0.3, -0.25) is 9.78 Å². The summed E-state index contributed by atoms with van der Waals surface area (Å²) < 4.78 is 5.77. The molecule has 0 aliphatic heterocycles. The number of nitrogens with zero attached hydrogens (tertiary/aromatic N) is 4. The maximum atomic E-state index is 11.8. The van der Waals surface area contributed by atoms with Crippen LogP contribution in [-0.2, 0) is 6.61 Å². The van der Waals surface area contributed by atoms with Crippen molar-refractivity contribution < 1.29 is 9.53 Å². The number of rotatable bonds is 7. The van der Waals surface area contributed by atoms with E-state index in [1.807, 2.05) is 61.5 Å². The normalized spacial score (nSPS) is 10.7. The van der Waals surface area contributed by atoms with E-state index in [0.29, 0.717) is 34.4 Å². The van der Waals surface area contributed by atoms with Crippen molar-refractivity contribution in [3.05, 3.63) is 77.3 Å². The molecule has 0 fully saturated rings. The van der Waals surface area contributed by atoms with Gasteiger partial charge in [0.05, 0.1) is 16.2 Å². The van der Waals surface area contributed by atoms with E-state index in [2.05, 4.69) is 20.3 Å². The average molecular weight is 449 g/mol. The summed E-state index contributed by atoms with van der Waals surface area (Å²) in [4.78, 5) is 26.6. The van der Waals surface area contributed by atoms with E-state index in [1.54, 1.807) is 18.3 Å². The molecule has 162 valence electrons. The van der Waals surface area contributed by atoms with Crippen LogP contribution in [0.1, 0.15) is 16.3 Å². The van der Waals surface area contributed by atoms with E-state index < -0.39 is 5.91 Å². The summed E-state index contributed by atoms with van der Waals surface area (Å²) in [5.74, 6) is 0.204. The zero-order valence-electron chi connectivity index (χ0n) is 17.5. The highest BCUT2D eigenvalue weighted by Gasteiger charge is 2.14. The first-order chi connectivity index (χ1) is 15.4. The maximum Gasteiger partial charge on any atom is 0.286 e. The van der Waals surface area contributed by atoms with Crippen molar-refractivity contribution in [1.29, 1.82) is 0 Å². The van der Waals surface area contributed by atoms with Gasteiger partial charge in [0.1, 0.15) is 18.2 Å². The lowest BCUT2D eigenvalue weighted by atomic mass is 10.2. The Labute approximate surface area is 190 Å². The SMILES string of the molecule is CN(C)c1ccc2c(Nc3ccc(OCc4ccccn4)c(Cl)c3)nc(C(N)=O)nc2c1. The third-order valence-electron chi connectivity index (χ3n) is 4.71. The second kappa shape index (κ2) is 9.07. The predicted octanol–water partition coefficient (Wildman–Crippen LogP) is 4.17. The molecule has 2 aromatic heterocycles. The number of carbonyl (C=O) groups is 1. The minimum Gasteiger partial charge on any atom is -0.486 e. The lowest BCUT2D eigenvalue weighted by Gasteiger charge is -2.15. The molecule has 0 aliphatic rings. The Morgan fingerprint density at radius 3 is 2.66 bits per heavy atom. The highest BCUT2D eigenvalue weighted by Crippen LogP contribution is 2.32. The number of pyridine rings is 1. The van der Waals surface area contributed by atoms with E-state index in [9.17, 15) is 4.79 Å². The molecule has 32 heavy (non-hydrogen) atoms. The van der Waals surface area contributed by atoms with Gasteiger partial charge in [-0.25, -0.2) is 9.97 Å². The molecule has 0 atom stereocenters. The smallest absolute Gasteiger partial charge is 0.286 e. The predicted molar refractivity (Wildman–Crippen MR) is 126 cm³/mol. The average Bonchev–Trinajstić information content (AvgIpc) is 2.78. The van der Waals surface area contributed by atoms with E-state index in [-0.39, 0.29) is 5.82 Å². The number of nitrogens with two attached hydrogens (primary N) is 1. The zero-order chi connectivity index (χ0) is 22.7. The molecule has 4 aromatic rings. The number of aromatic nitrogens is 3. The molecule has 2 heterocycles. The molecule has 1 amide bonds. The number of nitrogens with one attached hydrogen (secondary N) is 1. The fourth-order valence-corrected chi connectivity index (χ4v) is 3.30. The monoisotopic (exact) mass is 448 g/mol. The summed E-state index contributed by atoms with van der Waals surface area (Å²) in [7, 11) is 3.85. The number of carbonyl (C=O) groups excluding carboxylic acids is 1. The number of halogens is 1. The van der Waals surface area contributed by atoms with Gasteiger partial charge in [0.2, 0.25) is 5.82 Å². The Morgan fingerprint density at radius 1 is 1.12 bits per heavy atom. The molecule has 0 saturated heterocycles. The molecule has 8 nitrogen and oxygen atoms in total. The number of benzene rings is 2. The fraction of sp³-hybridized carbons (Fsp3) is 0.130. The highest BCUT2D eigenvalue weighted by molar-refractivity contribution is 6.32. The maximum absolute atomic E-state index is 11.8. The Kier molecular flexibility index (Phi) is 6.04. The number of anilines is 3. The summed E-state index contributed by atoms with van der Waals surface area (Å²) in [6.45, 7) is 0.306. The van der Waals surface area contributed by atoms with E-state index in [4.69, 9.17) is 22.1 Å². The van der Waals surface area contributed by atoms with Crippen LogP contribution in [0.3, 0.4) is 0 Å². The lowest BCUT2D eigenvalue weighted by molar-refractivity contribution is 0.0991. The molecule has 0 bridgehead atoms. The summed E-state index contributed by atoms with van der Waals surface area (Å²) >= 11 is 6.42. The van der Waals surface area contributed by atoms with Crippen LogP contribution in [0.25, 0.3) is 10.9 Å². The molecular formula is C23H21ClN6O2. The Bertz CT molecular complexity index is 1280. The molecule has 0 spiro atoms. The van der Waals surface area contributed by atoms with E-state index >= 15 is 0 Å². The fourth-order valence-electron chi connectivity index (χ4n) is 3.07. The third-order valence-corrected chi connectivity index (χ3v) is 5.01. The van der Waals surface area contributed by atoms with Crippen LogP contribution < -0.4 is 20.7 Å². The van der Waals surface area contributed by atoms with Crippen molar-refractivity contribution in [3.8, 4) is 5.75 Å². The van der Waals surface area contributed by atoms with Crippen LogP contribution in [0.15, 0.2) is 60.8 Å². The Balaban J connectivity index is 1.62. The minimum absolute atomic E-state index is 0.0719.